The lowest BCUT2D eigenvalue weighted by molar-refractivity contribution is 0.0951. The summed E-state index contributed by atoms with van der Waals surface area (Å²) in [6.45, 7) is 4.12. The number of carbonyl (C=O) groups excluding carboxylic acids is 1. The normalized spacial score (nSPS) is 10.9. The molecule has 0 fully saturated rings. The molecule has 0 atom stereocenters. The molecule has 0 radical (unpaired) electrons. The third kappa shape index (κ3) is 5.61. The fraction of sp³-hybridized carbons (Fsp3) is 0.167. The van der Waals surface area contributed by atoms with Crippen LogP contribution in [0.25, 0.3) is 0 Å². The molecule has 31 heavy (non-hydrogen) atoms. The number of carbonyl (C=O) groups is 1. The van der Waals surface area contributed by atoms with Gasteiger partial charge in [0, 0.05) is 10.6 Å². The number of nitrogens with one attached hydrogen (secondary N) is 1. The molecule has 0 aromatic heterocycles. The van der Waals surface area contributed by atoms with Gasteiger partial charge in [0.25, 0.3) is 5.91 Å². The lowest BCUT2D eigenvalue weighted by atomic mass is 10.1. The Morgan fingerprint density at radius 2 is 1.84 bits per heavy atom. The smallest absolute Gasteiger partial charge is 0.274 e. The number of rotatable bonds is 7. The number of ether oxygens (including phenoxy) is 2. The lowest BCUT2D eigenvalue weighted by Crippen LogP contribution is -2.18. The van der Waals surface area contributed by atoms with Crippen LogP contribution >= 0.6 is 11.6 Å². The fourth-order valence-electron chi connectivity index (χ4n) is 3.01. The van der Waals surface area contributed by atoms with Gasteiger partial charge in [0.2, 0.25) is 0 Å². The Labute approximate surface area is 185 Å². The van der Waals surface area contributed by atoms with Crippen LogP contribution in [0.4, 0.5) is 4.39 Å². The molecular weight excluding hydrogens is 419 g/mol. The molecule has 0 unspecified atom stereocenters. The maximum atomic E-state index is 13.7. The summed E-state index contributed by atoms with van der Waals surface area (Å²) in [6, 6.07) is 14.9. The van der Waals surface area contributed by atoms with Gasteiger partial charge < -0.3 is 9.47 Å². The van der Waals surface area contributed by atoms with Crippen molar-refractivity contribution in [1.82, 2.24) is 5.43 Å². The minimum atomic E-state index is -0.625. The van der Waals surface area contributed by atoms with E-state index in [2.05, 4.69) is 10.5 Å². The van der Waals surface area contributed by atoms with Gasteiger partial charge in [-0.3, -0.25) is 4.79 Å². The first-order valence-corrected chi connectivity index (χ1v) is 9.91. The van der Waals surface area contributed by atoms with Crippen molar-refractivity contribution in [3.05, 3.63) is 93.3 Å². The predicted octanol–water partition coefficient (Wildman–Crippen LogP) is 5.45. The average Bonchev–Trinajstić information content (AvgIpc) is 2.76. The Kier molecular flexibility index (Phi) is 7.26. The first kappa shape index (κ1) is 22.3. The Bertz CT molecular complexity index is 1110. The molecule has 1 N–H and O–H groups in total. The van der Waals surface area contributed by atoms with E-state index < -0.39 is 11.7 Å². The van der Waals surface area contributed by atoms with Crippen molar-refractivity contribution < 1.29 is 18.7 Å². The number of halogens is 2. The molecule has 0 saturated carbocycles. The molecule has 7 heteroatoms. The minimum absolute atomic E-state index is 0.0722. The van der Waals surface area contributed by atoms with Crippen LogP contribution in [-0.4, -0.2) is 19.2 Å². The van der Waals surface area contributed by atoms with Gasteiger partial charge in [0.15, 0.2) is 0 Å². The molecule has 0 aliphatic carbocycles. The summed E-state index contributed by atoms with van der Waals surface area (Å²) >= 11 is 6.21. The van der Waals surface area contributed by atoms with E-state index in [9.17, 15) is 9.18 Å². The standard InChI is InChI=1S/C24H22ClFN2O3/c1-15-10-19(11-16(2)23(15)25)31-14-18-12-17(8-9-22(18)30-3)13-27-28-24(29)20-6-4-5-7-21(20)26/h4-13H,14H2,1-3H3,(H,28,29)/b27-13+. The number of hydrazone groups is 1. The summed E-state index contributed by atoms with van der Waals surface area (Å²) in [6.07, 6.45) is 1.47. The van der Waals surface area contributed by atoms with Crippen LogP contribution < -0.4 is 14.9 Å². The molecular formula is C24H22ClFN2O3. The first-order chi connectivity index (χ1) is 14.9. The molecule has 5 nitrogen and oxygen atoms in total. The molecule has 0 aliphatic heterocycles. The van der Waals surface area contributed by atoms with Gasteiger partial charge in [0.05, 0.1) is 18.9 Å². The molecule has 3 rings (SSSR count). The highest BCUT2D eigenvalue weighted by atomic mass is 35.5. The Morgan fingerprint density at radius 3 is 2.52 bits per heavy atom. The zero-order valence-electron chi connectivity index (χ0n) is 17.4. The predicted molar refractivity (Wildman–Crippen MR) is 120 cm³/mol. The lowest BCUT2D eigenvalue weighted by Gasteiger charge is -2.13. The van der Waals surface area contributed by atoms with E-state index in [1.807, 2.05) is 32.0 Å². The zero-order chi connectivity index (χ0) is 22.4. The minimum Gasteiger partial charge on any atom is -0.496 e. The van der Waals surface area contributed by atoms with Crippen LogP contribution in [0.1, 0.15) is 32.6 Å². The van der Waals surface area contributed by atoms with Gasteiger partial charge in [-0.15, -0.1) is 0 Å². The average molecular weight is 441 g/mol. The molecule has 3 aromatic carbocycles. The van der Waals surface area contributed by atoms with Crippen molar-refractivity contribution in [2.75, 3.05) is 7.11 Å². The van der Waals surface area contributed by atoms with Crippen molar-refractivity contribution in [3.63, 3.8) is 0 Å². The van der Waals surface area contributed by atoms with E-state index in [4.69, 9.17) is 21.1 Å². The second kappa shape index (κ2) is 10.1. The summed E-state index contributed by atoms with van der Waals surface area (Å²) in [5.74, 6) is 0.138. The van der Waals surface area contributed by atoms with E-state index in [0.29, 0.717) is 11.5 Å². The monoisotopic (exact) mass is 440 g/mol. The molecule has 0 spiro atoms. The van der Waals surface area contributed by atoms with Crippen LogP contribution in [-0.2, 0) is 6.61 Å². The quantitative estimate of drug-likeness (QED) is 0.392. The molecule has 0 aliphatic rings. The largest absolute Gasteiger partial charge is 0.496 e. The SMILES string of the molecule is COc1ccc(/C=N/NC(=O)c2ccccc2F)cc1COc1cc(C)c(Cl)c(C)c1. The second-order valence-corrected chi connectivity index (χ2v) is 7.29. The molecule has 0 bridgehead atoms. The molecule has 1 amide bonds. The highest BCUT2D eigenvalue weighted by molar-refractivity contribution is 6.32. The third-order valence-electron chi connectivity index (χ3n) is 4.61. The second-order valence-electron chi connectivity index (χ2n) is 6.91. The number of methoxy groups -OCH3 is 1. The van der Waals surface area contributed by atoms with Gasteiger partial charge in [-0.1, -0.05) is 23.7 Å². The van der Waals surface area contributed by atoms with Crippen molar-refractivity contribution in [1.29, 1.82) is 0 Å². The Morgan fingerprint density at radius 1 is 1.13 bits per heavy atom. The topological polar surface area (TPSA) is 59.9 Å². The number of nitrogens with zero attached hydrogens (tertiary/aromatic N) is 1. The summed E-state index contributed by atoms with van der Waals surface area (Å²) < 4.78 is 25.0. The number of amides is 1. The van der Waals surface area contributed by atoms with Gasteiger partial charge in [-0.25, -0.2) is 9.82 Å². The van der Waals surface area contributed by atoms with Gasteiger partial charge in [-0.05, 0) is 73.0 Å². The zero-order valence-corrected chi connectivity index (χ0v) is 18.2. The van der Waals surface area contributed by atoms with Gasteiger partial charge in [-0.2, -0.15) is 5.10 Å². The number of hydrogen-bond acceptors (Lipinski definition) is 4. The first-order valence-electron chi connectivity index (χ1n) is 9.53. The summed E-state index contributed by atoms with van der Waals surface area (Å²) in [5, 5.41) is 4.64. The van der Waals surface area contributed by atoms with Crippen molar-refractivity contribution in [3.8, 4) is 11.5 Å². The number of hydrogen-bond donors (Lipinski definition) is 1. The molecule has 0 heterocycles. The summed E-state index contributed by atoms with van der Waals surface area (Å²) in [5.41, 5.74) is 5.66. The molecule has 160 valence electrons. The van der Waals surface area contributed by atoms with Crippen LogP contribution in [0.2, 0.25) is 5.02 Å². The Balaban J connectivity index is 1.71. The molecule has 3 aromatic rings. The van der Waals surface area contributed by atoms with Gasteiger partial charge in [0.1, 0.15) is 23.9 Å². The van der Waals surface area contributed by atoms with Crippen LogP contribution in [0.5, 0.6) is 11.5 Å². The van der Waals surface area contributed by atoms with Crippen LogP contribution in [0.15, 0.2) is 59.7 Å². The van der Waals surface area contributed by atoms with E-state index in [1.54, 1.807) is 25.3 Å². The van der Waals surface area contributed by atoms with Crippen LogP contribution in [0, 0.1) is 19.7 Å². The van der Waals surface area contributed by atoms with Gasteiger partial charge >= 0.3 is 0 Å². The van der Waals surface area contributed by atoms with Crippen molar-refractivity contribution in [2.24, 2.45) is 5.10 Å². The number of aryl methyl sites for hydroxylation is 2. The summed E-state index contributed by atoms with van der Waals surface area (Å²) in [7, 11) is 1.58. The highest BCUT2D eigenvalue weighted by Crippen LogP contribution is 2.27. The fourth-order valence-corrected chi connectivity index (χ4v) is 3.12. The number of benzene rings is 3. The van der Waals surface area contributed by atoms with E-state index in [1.165, 1.54) is 24.4 Å². The van der Waals surface area contributed by atoms with Crippen molar-refractivity contribution >= 4 is 23.7 Å². The van der Waals surface area contributed by atoms with E-state index in [0.717, 1.165) is 27.3 Å². The summed E-state index contributed by atoms with van der Waals surface area (Å²) in [4.78, 5) is 12.0. The third-order valence-corrected chi connectivity index (χ3v) is 5.20. The molecule has 0 saturated heterocycles. The van der Waals surface area contributed by atoms with Crippen LogP contribution in [0.3, 0.4) is 0 Å². The highest BCUT2D eigenvalue weighted by Gasteiger charge is 2.10. The van der Waals surface area contributed by atoms with E-state index >= 15 is 0 Å². The maximum Gasteiger partial charge on any atom is 0.274 e. The van der Waals surface area contributed by atoms with Crippen molar-refractivity contribution in [2.45, 2.75) is 20.5 Å². The van der Waals surface area contributed by atoms with E-state index in [-0.39, 0.29) is 12.2 Å². The Hall–Kier alpha value is -3.38. The maximum absolute atomic E-state index is 13.7.